The Bertz CT molecular complexity index is 840. The van der Waals surface area contributed by atoms with Gasteiger partial charge in [0.15, 0.2) is 0 Å². The van der Waals surface area contributed by atoms with Gasteiger partial charge in [-0.05, 0) is 48.6 Å². The Kier molecular flexibility index (Phi) is 4.08. The van der Waals surface area contributed by atoms with Gasteiger partial charge in [-0.25, -0.2) is 4.39 Å². The lowest BCUT2D eigenvalue weighted by Gasteiger charge is -2.25. The number of aromatic nitrogens is 1. The van der Waals surface area contributed by atoms with Crippen molar-refractivity contribution in [2.24, 2.45) is 0 Å². The molecule has 3 N–H and O–H groups in total. The number of aromatic amines is 1. The van der Waals surface area contributed by atoms with Crippen LogP contribution in [0.15, 0.2) is 48.5 Å². The normalized spacial score (nSPS) is 18.5. The van der Waals surface area contributed by atoms with Crippen LogP contribution in [0.2, 0.25) is 0 Å². The van der Waals surface area contributed by atoms with Gasteiger partial charge in [-0.2, -0.15) is 0 Å². The molecule has 2 atom stereocenters. The van der Waals surface area contributed by atoms with Crippen LogP contribution in [0.1, 0.15) is 29.3 Å². The van der Waals surface area contributed by atoms with Gasteiger partial charge in [-0.3, -0.25) is 0 Å². The van der Waals surface area contributed by atoms with E-state index >= 15 is 0 Å². The number of benzene rings is 2. The van der Waals surface area contributed by atoms with Crippen LogP contribution in [0.5, 0.6) is 0 Å². The quantitative estimate of drug-likeness (QED) is 0.688. The van der Waals surface area contributed by atoms with E-state index in [4.69, 9.17) is 0 Å². The topological polar surface area (TPSA) is 48.0 Å². The van der Waals surface area contributed by atoms with Crippen molar-refractivity contribution < 1.29 is 9.50 Å². The fourth-order valence-corrected chi connectivity index (χ4v) is 3.62. The molecule has 24 heavy (non-hydrogen) atoms. The second kappa shape index (κ2) is 6.38. The SMILES string of the molecule is OC(CNC1CCc2[nH]c3ccccc3c2C1)c1ccc(F)cc1. The molecule has 1 aliphatic carbocycles. The summed E-state index contributed by atoms with van der Waals surface area (Å²) in [6.45, 7) is 0.480. The highest BCUT2D eigenvalue weighted by atomic mass is 19.1. The van der Waals surface area contributed by atoms with Crippen LogP contribution in [-0.4, -0.2) is 22.7 Å². The Balaban J connectivity index is 1.42. The van der Waals surface area contributed by atoms with Crippen LogP contribution < -0.4 is 5.32 Å². The third kappa shape index (κ3) is 2.95. The maximum Gasteiger partial charge on any atom is 0.123 e. The highest BCUT2D eigenvalue weighted by Gasteiger charge is 2.22. The average Bonchev–Trinajstić information content (AvgIpc) is 2.98. The van der Waals surface area contributed by atoms with Crippen molar-refractivity contribution in [3.8, 4) is 0 Å². The van der Waals surface area contributed by atoms with E-state index in [-0.39, 0.29) is 5.82 Å². The smallest absolute Gasteiger partial charge is 0.123 e. The highest BCUT2D eigenvalue weighted by Crippen LogP contribution is 2.29. The molecule has 0 fully saturated rings. The Morgan fingerprint density at radius 2 is 1.96 bits per heavy atom. The summed E-state index contributed by atoms with van der Waals surface area (Å²) in [6.07, 6.45) is 2.43. The summed E-state index contributed by atoms with van der Waals surface area (Å²) in [6, 6.07) is 14.8. The molecule has 3 aromatic rings. The Labute approximate surface area is 140 Å². The van der Waals surface area contributed by atoms with Crippen LogP contribution in [0, 0.1) is 5.82 Å². The molecule has 0 spiro atoms. The molecule has 0 saturated carbocycles. The van der Waals surface area contributed by atoms with Gasteiger partial charge >= 0.3 is 0 Å². The summed E-state index contributed by atoms with van der Waals surface area (Å²) >= 11 is 0. The standard InChI is InChI=1S/C20H21FN2O/c21-14-7-5-13(6-8-14)20(24)12-22-15-9-10-19-17(11-15)16-3-1-2-4-18(16)23-19/h1-8,15,20,22-24H,9-12H2. The first-order valence-electron chi connectivity index (χ1n) is 8.46. The zero-order chi connectivity index (χ0) is 16.5. The van der Waals surface area contributed by atoms with Crippen molar-refractivity contribution in [3.05, 3.63) is 71.2 Å². The number of aliphatic hydroxyl groups excluding tert-OH is 1. The Morgan fingerprint density at radius 3 is 2.79 bits per heavy atom. The summed E-state index contributed by atoms with van der Waals surface area (Å²) in [5.74, 6) is -0.280. The molecule has 1 aliphatic rings. The fourth-order valence-electron chi connectivity index (χ4n) is 3.62. The number of nitrogens with one attached hydrogen (secondary N) is 2. The molecule has 2 unspecified atom stereocenters. The van der Waals surface area contributed by atoms with Gasteiger partial charge in [-0.1, -0.05) is 30.3 Å². The predicted octanol–water partition coefficient (Wildman–Crippen LogP) is 3.49. The van der Waals surface area contributed by atoms with Gasteiger partial charge in [0.2, 0.25) is 0 Å². The zero-order valence-corrected chi connectivity index (χ0v) is 13.4. The van der Waals surface area contributed by atoms with Crippen molar-refractivity contribution in [2.45, 2.75) is 31.4 Å². The molecule has 0 amide bonds. The van der Waals surface area contributed by atoms with Gasteiger partial charge in [0, 0.05) is 29.2 Å². The van der Waals surface area contributed by atoms with Crippen LogP contribution >= 0.6 is 0 Å². The van der Waals surface area contributed by atoms with E-state index in [0.717, 1.165) is 24.8 Å². The number of aryl methyl sites for hydroxylation is 1. The van der Waals surface area contributed by atoms with Crippen LogP contribution in [-0.2, 0) is 12.8 Å². The van der Waals surface area contributed by atoms with Gasteiger partial charge < -0.3 is 15.4 Å². The second-order valence-corrected chi connectivity index (χ2v) is 6.54. The lowest BCUT2D eigenvalue weighted by molar-refractivity contribution is 0.168. The number of aliphatic hydroxyl groups is 1. The van der Waals surface area contributed by atoms with E-state index in [1.807, 2.05) is 0 Å². The number of H-pyrrole nitrogens is 1. The maximum absolute atomic E-state index is 13.0. The monoisotopic (exact) mass is 324 g/mol. The molecule has 3 nitrogen and oxygen atoms in total. The molecule has 1 heterocycles. The lowest BCUT2D eigenvalue weighted by atomic mass is 9.91. The van der Waals surface area contributed by atoms with Gasteiger partial charge in [-0.15, -0.1) is 0 Å². The number of fused-ring (bicyclic) bond motifs is 3. The van der Waals surface area contributed by atoms with Crippen molar-refractivity contribution in [1.29, 1.82) is 0 Å². The second-order valence-electron chi connectivity index (χ2n) is 6.54. The molecule has 0 aliphatic heterocycles. The first kappa shape index (κ1) is 15.4. The number of halogens is 1. The van der Waals surface area contributed by atoms with E-state index in [1.54, 1.807) is 12.1 Å². The minimum absolute atomic E-state index is 0.280. The van der Waals surface area contributed by atoms with E-state index in [9.17, 15) is 9.50 Å². The number of hydrogen-bond acceptors (Lipinski definition) is 2. The van der Waals surface area contributed by atoms with Gasteiger partial charge in [0.1, 0.15) is 5.82 Å². The van der Waals surface area contributed by atoms with Crippen molar-refractivity contribution in [2.75, 3.05) is 6.54 Å². The molecular weight excluding hydrogens is 303 g/mol. The van der Waals surface area contributed by atoms with Crippen LogP contribution in [0.4, 0.5) is 4.39 Å². The molecule has 0 saturated heterocycles. The minimum atomic E-state index is -0.616. The van der Waals surface area contributed by atoms with E-state index in [2.05, 4.69) is 34.6 Å². The van der Waals surface area contributed by atoms with Gasteiger partial charge in [0.05, 0.1) is 6.10 Å². The third-order valence-electron chi connectivity index (χ3n) is 4.95. The van der Waals surface area contributed by atoms with E-state index in [1.165, 1.54) is 34.3 Å². The Hall–Kier alpha value is -2.17. The maximum atomic E-state index is 13.0. The molecule has 2 aromatic carbocycles. The first-order chi connectivity index (χ1) is 11.7. The minimum Gasteiger partial charge on any atom is -0.387 e. The van der Waals surface area contributed by atoms with Gasteiger partial charge in [0.25, 0.3) is 0 Å². The third-order valence-corrected chi connectivity index (χ3v) is 4.95. The average molecular weight is 324 g/mol. The van der Waals surface area contributed by atoms with Crippen molar-refractivity contribution in [3.63, 3.8) is 0 Å². The lowest BCUT2D eigenvalue weighted by Crippen LogP contribution is -2.37. The highest BCUT2D eigenvalue weighted by molar-refractivity contribution is 5.84. The van der Waals surface area contributed by atoms with Crippen molar-refractivity contribution in [1.82, 2.24) is 10.3 Å². The number of rotatable bonds is 4. The fraction of sp³-hybridized carbons (Fsp3) is 0.300. The largest absolute Gasteiger partial charge is 0.387 e. The summed E-state index contributed by atoms with van der Waals surface area (Å²) in [5.41, 5.74) is 4.68. The van der Waals surface area contributed by atoms with E-state index < -0.39 is 6.10 Å². The summed E-state index contributed by atoms with van der Waals surface area (Å²) < 4.78 is 13.0. The molecular formula is C20H21FN2O. The zero-order valence-electron chi connectivity index (χ0n) is 13.4. The first-order valence-corrected chi connectivity index (χ1v) is 8.46. The molecule has 4 heteroatoms. The molecule has 4 rings (SSSR count). The van der Waals surface area contributed by atoms with Crippen LogP contribution in [0.3, 0.4) is 0 Å². The summed E-state index contributed by atoms with van der Waals surface area (Å²) in [7, 11) is 0. The van der Waals surface area contributed by atoms with Crippen molar-refractivity contribution >= 4 is 10.9 Å². The molecule has 0 radical (unpaired) electrons. The summed E-state index contributed by atoms with van der Waals surface area (Å²) in [5, 5.41) is 15.1. The molecule has 0 bridgehead atoms. The number of hydrogen-bond donors (Lipinski definition) is 3. The predicted molar refractivity (Wildman–Crippen MR) is 93.5 cm³/mol. The molecule has 1 aromatic heterocycles. The molecule has 124 valence electrons. The summed E-state index contributed by atoms with van der Waals surface area (Å²) in [4.78, 5) is 3.52. The number of para-hydroxylation sites is 1. The van der Waals surface area contributed by atoms with Crippen LogP contribution in [0.25, 0.3) is 10.9 Å². The Morgan fingerprint density at radius 1 is 1.17 bits per heavy atom. The van der Waals surface area contributed by atoms with E-state index in [0.29, 0.717) is 12.6 Å².